The van der Waals surface area contributed by atoms with Gasteiger partial charge in [-0.25, -0.2) is 0 Å². The highest BCUT2D eigenvalue weighted by molar-refractivity contribution is 5.85. The van der Waals surface area contributed by atoms with Gasteiger partial charge < -0.3 is 9.64 Å². The van der Waals surface area contributed by atoms with Gasteiger partial charge in [0.05, 0.1) is 5.41 Å². The van der Waals surface area contributed by atoms with Crippen molar-refractivity contribution in [1.29, 1.82) is 0 Å². The molecule has 1 aliphatic carbocycles. The Morgan fingerprint density at radius 3 is 2.50 bits per heavy atom. The lowest BCUT2D eigenvalue weighted by Gasteiger charge is -2.52. The predicted molar refractivity (Wildman–Crippen MR) is 87.7 cm³/mol. The van der Waals surface area contributed by atoms with Gasteiger partial charge in [0.1, 0.15) is 6.10 Å². The molecule has 1 aromatic carbocycles. The van der Waals surface area contributed by atoms with Crippen LogP contribution in [0.2, 0.25) is 0 Å². The summed E-state index contributed by atoms with van der Waals surface area (Å²) in [4.78, 5) is 15.2. The molecule has 2 aliphatic rings. The molecule has 0 spiro atoms. The summed E-state index contributed by atoms with van der Waals surface area (Å²) in [5.74, 6) is -0.0154. The van der Waals surface area contributed by atoms with E-state index in [9.17, 15) is 4.79 Å². The molecule has 3 heteroatoms. The van der Waals surface area contributed by atoms with Crippen molar-refractivity contribution in [2.45, 2.75) is 51.0 Å². The highest BCUT2D eigenvalue weighted by atomic mass is 16.5. The second kappa shape index (κ2) is 5.69. The predicted octanol–water partition coefficient (Wildman–Crippen LogP) is 3.38. The molecule has 1 aliphatic heterocycles. The number of nitrogens with zero attached hydrogens (tertiary/aromatic N) is 1. The zero-order valence-electron chi connectivity index (χ0n) is 14.0. The van der Waals surface area contributed by atoms with Crippen LogP contribution in [-0.4, -0.2) is 37.1 Å². The Bertz CT molecular complexity index is 530. The van der Waals surface area contributed by atoms with Crippen molar-refractivity contribution in [3.8, 4) is 0 Å². The molecule has 0 N–H and O–H groups in total. The van der Waals surface area contributed by atoms with Gasteiger partial charge in [-0.1, -0.05) is 44.2 Å². The number of esters is 1. The lowest BCUT2D eigenvalue weighted by atomic mass is 9.52. The maximum atomic E-state index is 13.0. The molecule has 1 saturated heterocycles. The Balaban J connectivity index is 1.77. The number of likely N-dealkylation sites (N-methyl/N-ethyl adjacent to an activating group) is 1. The Morgan fingerprint density at radius 2 is 1.91 bits per heavy atom. The van der Waals surface area contributed by atoms with Gasteiger partial charge in [0.25, 0.3) is 0 Å². The first-order chi connectivity index (χ1) is 10.4. The molecule has 1 atom stereocenters. The van der Waals surface area contributed by atoms with E-state index in [4.69, 9.17) is 4.74 Å². The van der Waals surface area contributed by atoms with E-state index >= 15 is 0 Å². The number of carbonyl (C=O) groups excluding carboxylic acids is 1. The largest absolute Gasteiger partial charge is 0.460 e. The van der Waals surface area contributed by atoms with Gasteiger partial charge in [-0.15, -0.1) is 0 Å². The van der Waals surface area contributed by atoms with Crippen LogP contribution < -0.4 is 0 Å². The molecule has 22 heavy (non-hydrogen) atoms. The maximum Gasteiger partial charge on any atom is 0.316 e. The number of ether oxygens (including phenoxy) is 1. The van der Waals surface area contributed by atoms with Gasteiger partial charge in [0, 0.05) is 6.54 Å². The SMILES string of the molecule is CN1CCCC(OC(=O)C2(c3ccccc3)CC(C)(C)C2)C1. The van der Waals surface area contributed by atoms with Gasteiger partial charge in [0.2, 0.25) is 0 Å². The lowest BCUT2D eigenvalue weighted by molar-refractivity contribution is -0.168. The molecule has 0 aromatic heterocycles. The van der Waals surface area contributed by atoms with Crippen LogP contribution in [0.3, 0.4) is 0 Å². The summed E-state index contributed by atoms with van der Waals surface area (Å²) in [6.07, 6.45) is 3.91. The second-order valence-electron chi connectivity index (χ2n) is 7.90. The fourth-order valence-electron chi connectivity index (χ4n) is 4.29. The molecule has 2 fully saturated rings. The van der Waals surface area contributed by atoms with Crippen molar-refractivity contribution >= 4 is 5.97 Å². The average molecular weight is 301 g/mol. The molecular weight excluding hydrogens is 274 g/mol. The molecular formula is C19H27NO2. The minimum Gasteiger partial charge on any atom is -0.460 e. The van der Waals surface area contributed by atoms with Gasteiger partial charge in [0.15, 0.2) is 0 Å². The summed E-state index contributed by atoms with van der Waals surface area (Å²) in [6, 6.07) is 10.2. The zero-order chi connectivity index (χ0) is 15.8. The van der Waals surface area contributed by atoms with Crippen LogP contribution in [0.4, 0.5) is 0 Å². The topological polar surface area (TPSA) is 29.5 Å². The number of likely N-dealkylation sites (tertiary alicyclic amines) is 1. The van der Waals surface area contributed by atoms with Crippen LogP contribution >= 0.6 is 0 Å². The van der Waals surface area contributed by atoms with E-state index in [2.05, 4.69) is 37.9 Å². The Kier molecular flexibility index (Phi) is 4.02. The monoisotopic (exact) mass is 301 g/mol. The maximum absolute atomic E-state index is 13.0. The van der Waals surface area contributed by atoms with Crippen LogP contribution in [0.5, 0.6) is 0 Å². The quantitative estimate of drug-likeness (QED) is 0.802. The minimum atomic E-state index is -0.430. The highest BCUT2D eigenvalue weighted by Gasteiger charge is 2.56. The van der Waals surface area contributed by atoms with Gasteiger partial charge in [-0.2, -0.15) is 0 Å². The van der Waals surface area contributed by atoms with Crippen molar-refractivity contribution in [3.63, 3.8) is 0 Å². The normalized spacial score (nSPS) is 27.0. The molecule has 1 aromatic rings. The summed E-state index contributed by atoms with van der Waals surface area (Å²) in [7, 11) is 2.10. The number of benzene rings is 1. The molecule has 0 radical (unpaired) electrons. The third kappa shape index (κ3) is 2.91. The average Bonchev–Trinajstić information content (AvgIpc) is 2.45. The molecule has 3 nitrogen and oxygen atoms in total. The van der Waals surface area contributed by atoms with E-state index in [1.54, 1.807) is 0 Å². The standard InChI is InChI=1S/C19H27NO2/c1-18(2)13-19(14-18,15-8-5-4-6-9-15)17(21)22-16-10-7-11-20(3)12-16/h4-6,8-9,16H,7,10-14H2,1-3H3. The van der Waals surface area contributed by atoms with Gasteiger partial charge in [-0.3, -0.25) is 4.79 Å². The molecule has 1 saturated carbocycles. The molecule has 0 bridgehead atoms. The van der Waals surface area contributed by atoms with Gasteiger partial charge in [-0.05, 0) is 50.3 Å². The summed E-state index contributed by atoms with van der Waals surface area (Å²) >= 11 is 0. The van der Waals surface area contributed by atoms with Gasteiger partial charge >= 0.3 is 5.97 Å². The van der Waals surface area contributed by atoms with E-state index in [-0.39, 0.29) is 17.5 Å². The van der Waals surface area contributed by atoms with Crippen molar-refractivity contribution in [1.82, 2.24) is 4.90 Å². The second-order valence-corrected chi connectivity index (χ2v) is 7.90. The summed E-state index contributed by atoms with van der Waals surface area (Å²) in [6.45, 7) is 6.43. The van der Waals surface area contributed by atoms with E-state index in [1.165, 1.54) is 0 Å². The minimum absolute atomic E-state index is 0.0154. The molecule has 0 amide bonds. The smallest absolute Gasteiger partial charge is 0.316 e. The third-order valence-electron chi connectivity index (χ3n) is 5.13. The van der Waals surface area contributed by atoms with E-state index in [0.717, 1.165) is 44.3 Å². The van der Waals surface area contributed by atoms with E-state index in [1.807, 2.05) is 18.2 Å². The van der Waals surface area contributed by atoms with E-state index < -0.39 is 5.41 Å². The molecule has 3 rings (SSSR count). The fraction of sp³-hybridized carbons (Fsp3) is 0.632. The Labute approximate surface area is 133 Å². The summed E-state index contributed by atoms with van der Waals surface area (Å²) in [5, 5.41) is 0. The van der Waals surface area contributed by atoms with Crippen LogP contribution in [0.1, 0.15) is 45.1 Å². The molecule has 120 valence electrons. The number of rotatable bonds is 3. The lowest BCUT2D eigenvalue weighted by Crippen LogP contribution is -2.54. The van der Waals surface area contributed by atoms with Crippen LogP contribution in [-0.2, 0) is 14.9 Å². The Morgan fingerprint density at radius 1 is 1.23 bits per heavy atom. The fourth-order valence-corrected chi connectivity index (χ4v) is 4.29. The first-order valence-corrected chi connectivity index (χ1v) is 8.37. The summed E-state index contributed by atoms with van der Waals surface area (Å²) in [5.41, 5.74) is 0.905. The van der Waals surface area contributed by atoms with Crippen LogP contribution in [0.25, 0.3) is 0 Å². The zero-order valence-corrected chi connectivity index (χ0v) is 14.0. The number of carbonyl (C=O) groups is 1. The third-order valence-corrected chi connectivity index (χ3v) is 5.13. The van der Waals surface area contributed by atoms with Crippen LogP contribution in [0, 0.1) is 5.41 Å². The number of piperidine rings is 1. The first-order valence-electron chi connectivity index (χ1n) is 8.37. The van der Waals surface area contributed by atoms with E-state index in [0.29, 0.717) is 0 Å². The van der Waals surface area contributed by atoms with Crippen molar-refractivity contribution in [3.05, 3.63) is 35.9 Å². The number of hydrogen-bond donors (Lipinski definition) is 0. The first kappa shape index (κ1) is 15.5. The summed E-state index contributed by atoms with van der Waals surface area (Å²) < 4.78 is 5.94. The van der Waals surface area contributed by atoms with Crippen molar-refractivity contribution in [2.24, 2.45) is 5.41 Å². The highest BCUT2D eigenvalue weighted by Crippen LogP contribution is 2.56. The number of hydrogen-bond acceptors (Lipinski definition) is 3. The van der Waals surface area contributed by atoms with Crippen LogP contribution in [0.15, 0.2) is 30.3 Å². The molecule has 1 unspecified atom stereocenters. The molecule has 1 heterocycles. The van der Waals surface area contributed by atoms with Crippen molar-refractivity contribution < 1.29 is 9.53 Å². The Hall–Kier alpha value is -1.35. The van der Waals surface area contributed by atoms with Crippen molar-refractivity contribution in [2.75, 3.05) is 20.1 Å².